The minimum absolute atomic E-state index is 0.0162. The van der Waals surface area contributed by atoms with E-state index in [4.69, 9.17) is 4.98 Å². The highest BCUT2D eigenvalue weighted by molar-refractivity contribution is 7.66. The second kappa shape index (κ2) is 10.7. The molecule has 0 N–H and O–H groups in total. The molecule has 0 atom stereocenters. The molecule has 0 aromatic carbocycles. The summed E-state index contributed by atoms with van der Waals surface area (Å²) in [5, 5.41) is 0. The van der Waals surface area contributed by atoms with Crippen molar-refractivity contribution in [3.8, 4) is 0 Å². The van der Waals surface area contributed by atoms with Crippen molar-refractivity contribution in [3.63, 3.8) is 0 Å². The van der Waals surface area contributed by atoms with Crippen LogP contribution in [0.5, 0.6) is 0 Å². The van der Waals surface area contributed by atoms with Crippen LogP contribution in [-0.4, -0.2) is 29.6 Å². The number of aromatic nitrogens is 1. The lowest BCUT2D eigenvalue weighted by atomic mass is 10.5. The molecule has 1 aromatic heterocycles. The van der Waals surface area contributed by atoms with Crippen molar-refractivity contribution in [2.24, 2.45) is 0 Å². The van der Waals surface area contributed by atoms with Crippen molar-refractivity contribution in [1.82, 2.24) is 4.98 Å². The molecule has 0 fully saturated rings. The maximum absolute atomic E-state index is 5.11. The minimum Gasteiger partial charge on any atom is -0.248 e. The standard InChI is InChI=1S/C17H31NP2/c1-5-12-19(13-6-2)16-10-9-11-17(18-16)20(14-7-3)15-8-4/h9-11H,5-8,12-15H2,1-4H3. The van der Waals surface area contributed by atoms with Gasteiger partial charge in [0.05, 0.1) is 10.9 Å². The maximum atomic E-state index is 5.11. The number of rotatable bonds is 10. The Hall–Kier alpha value is 0.01000. The molecular formula is C17H31NP2. The van der Waals surface area contributed by atoms with Crippen LogP contribution < -0.4 is 10.9 Å². The van der Waals surface area contributed by atoms with Gasteiger partial charge in [0.1, 0.15) is 0 Å². The number of pyridine rings is 1. The third-order valence-electron chi connectivity index (χ3n) is 3.34. The zero-order valence-electron chi connectivity index (χ0n) is 13.7. The van der Waals surface area contributed by atoms with Crippen molar-refractivity contribution in [3.05, 3.63) is 18.2 Å². The Morgan fingerprint density at radius 1 is 0.700 bits per heavy atom. The van der Waals surface area contributed by atoms with Gasteiger partial charge in [-0.1, -0.05) is 75.3 Å². The predicted molar refractivity (Wildman–Crippen MR) is 98.0 cm³/mol. The number of nitrogens with zero attached hydrogens (tertiary/aromatic N) is 1. The van der Waals surface area contributed by atoms with Crippen LogP contribution >= 0.6 is 15.8 Å². The minimum atomic E-state index is -0.0162. The van der Waals surface area contributed by atoms with Gasteiger partial charge in [-0.05, 0) is 36.8 Å². The summed E-state index contributed by atoms with van der Waals surface area (Å²) in [6, 6.07) is 6.83. The average Bonchev–Trinajstić information content (AvgIpc) is 2.47. The molecule has 1 heterocycles. The quantitative estimate of drug-likeness (QED) is 0.558. The summed E-state index contributed by atoms with van der Waals surface area (Å²) in [6.45, 7) is 9.21. The predicted octanol–water partition coefficient (Wildman–Crippen LogP) is 4.94. The van der Waals surface area contributed by atoms with Crippen LogP contribution in [0.1, 0.15) is 53.4 Å². The van der Waals surface area contributed by atoms with Crippen molar-refractivity contribution in [1.29, 1.82) is 0 Å². The molecular weight excluding hydrogens is 280 g/mol. The van der Waals surface area contributed by atoms with Gasteiger partial charge in [-0.15, -0.1) is 0 Å². The van der Waals surface area contributed by atoms with E-state index in [1.165, 1.54) is 61.2 Å². The molecule has 0 saturated carbocycles. The van der Waals surface area contributed by atoms with Gasteiger partial charge < -0.3 is 0 Å². The van der Waals surface area contributed by atoms with E-state index < -0.39 is 0 Å². The lowest BCUT2D eigenvalue weighted by molar-refractivity contribution is 1.05. The van der Waals surface area contributed by atoms with Crippen molar-refractivity contribution >= 4 is 26.7 Å². The Bertz CT molecular complexity index is 325. The topological polar surface area (TPSA) is 12.9 Å². The first-order chi connectivity index (χ1) is 9.76. The zero-order valence-corrected chi connectivity index (χ0v) is 15.5. The SMILES string of the molecule is CCCP(CCC)c1cccc(P(CCC)CCC)n1. The first-order valence-electron chi connectivity index (χ1n) is 8.23. The van der Waals surface area contributed by atoms with E-state index in [2.05, 4.69) is 45.9 Å². The van der Waals surface area contributed by atoms with Crippen molar-refractivity contribution < 1.29 is 0 Å². The molecule has 0 aliphatic heterocycles. The van der Waals surface area contributed by atoms with Crippen LogP contribution in [0, 0.1) is 0 Å². The molecule has 0 unspecified atom stereocenters. The molecule has 0 aliphatic carbocycles. The van der Waals surface area contributed by atoms with Crippen LogP contribution in [0.4, 0.5) is 0 Å². The van der Waals surface area contributed by atoms with E-state index in [0.29, 0.717) is 0 Å². The highest BCUT2D eigenvalue weighted by Gasteiger charge is 2.15. The highest BCUT2D eigenvalue weighted by atomic mass is 31.1. The van der Waals surface area contributed by atoms with E-state index in [1.807, 2.05) is 0 Å². The molecule has 0 aliphatic rings. The van der Waals surface area contributed by atoms with E-state index in [-0.39, 0.29) is 15.8 Å². The Balaban J connectivity index is 2.90. The normalized spacial score (nSPS) is 11.5. The van der Waals surface area contributed by atoms with E-state index >= 15 is 0 Å². The molecule has 0 radical (unpaired) electrons. The zero-order chi connectivity index (χ0) is 14.8. The maximum Gasteiger partial charge on any atom is 0.0638 e. The molecule has 0 spiro atoms. The van der Waals surface area contributed by atoms with Gasteiger partial charge in [0.2, 0.25) is 0 Å². The lowest BCUT2D eigenvalue weighted by Gasteiger charge is -2.20. The largest absolute Gasteiger partial charge is 0.248 e. The summed E-state index contributed by atoms with van der Waals surface area (Å²) in [4.78, 5) is 5.11. The first-order valence-corrected chi connectivity index (χ1v) is 11.7. The third kappa shape index (κ3) is 5.79. The Morgan fingerprint density at radius 3 is 1.35 bits per heavy atom. The molecule has 20 heavy (non-hydrogen) atoms. The molecule has 1 aromatic rings. The van der Waals surface area contributed by atoms with Crippen LogP contribution in [0.15, 0.2) is 18.2 Å². The summed E-state index contributed by atoms with van der Waals surface area (Å²) in [5.41, 5.74) is 2.84. The molecule has 114 valence electrons. The van der Waals surface area contributed by atoms with Crippen LogP contribution in [0.25, 0.3) is 0 Å². The van der Waals surface area contributed by atoms with E-state index in [1.54, 1.807) is 0 Å². The van der Waals surface area contributed by atoms with Crippen molar-refractivity contribution in [2.45, 2.75) is 53.4 Å². The Morgan fingerprint density at radius 2 is 1.05 bits per heavy atom. The van der Waals surface area contributed by atoms with Crippen LogP contribution in [0.2, 0.25) is 0 Å². The Kier molecular flexibility index (Phi) is 9.66. The van der Waals surface area contributed by atoms with Gasteiger partial charge in [-0.3, -0.25) is 0 Å². The molecule has 0 bridgehead atoms. The van der Waals surface area contributed by atoms with Gasteiger partial charge in [0.15, 0.2) is 0 Å². The van der Waals surface area contributed by atoms with Gasteiger partial charge in [-0.2, -0.15) is 0 Å². The molecule has 0 saturated heterocycles. The first kappa shape index (κ1) is 18.1. The summed E-state index contributed by atoms with van der Waals surface area (Å²) in [5.74, 6) is 0. The number of hydrogen-bond donors (Lipinski definition) is 0. The monoisotopic (exact) mass is 311 g/mol. The van der Waals surface area contributed by atoms with Gasteiger partial charge in [0, 0.05) is 0 Å². The van der Waals surface area contributed by atoms with Gasteiger partial charge in [0.25, 0.3) is 0 Å². The fraction of sp³-hybridized carbons (Fsp3) is 0.706. The van der Waals surface area contributed by atoms with E-state index in [0.717, 1.165) is 0 Å². The summed E-state index contributed by atoms with van der Waals surface area (Å²) in [6.07, 6.45) is 10.5. The summed E-state index contributed by atoms with van der Waals surface area (Å²) in [7, 11) is -0.0325. The fourth-order valence-corrected chi connectivity index (χ4v) is 7.22. The highest BCUT2D eigenvalue weighted by Crippen LogP contribution is 2.37. The second-order valence-corrected chi connectivity index (χ2v) is 10.2. The fourth-order valence-electron chi connectivity index (χ4n) is 2.53. The Labute approximate surface area is 128 Å². The summed E-state index contributed by atoms with van der Waals surface area (Å²) >= 11 is 0. The van der Waals surface area contributed by atoms with Crippen LogP contribution in [0.3, 0.4) is 0 Å². The second-order valence-electron chi connectivity index (χ2n) is 5.33. The average molecular weight is 311 g/mol. The van der Waals surface area contributed by atoms with Gasteiger partial charge >= 0.3 is 0 Å². The van der Waals surface area contributed by atoms with Gasteiger partial charge in [-0.25, -0.2) is 4.98 Å². The summed E-state index contributed by atoms with van der Waals surface area (Å²) < 4.78 is 0. The van der Waals surface area contributed by atoms with Crippen LogP contribution in [-0.2, 0) is 0 Å². The molecule has 0 amide bonds. The van der Waals surface area contributed by atoms with Crippen molar-refractivity contribution in [2.75, 3.05) is 24.6 Å². The molecule has 3 heteroatoms. The molecule has 1 nitrogen and oxygen atoms in total. The third-order valence-corrected chi connectivity index (χ3v) is 9.08. The smallest absolute Gasteiger partial charge is 0.0638 e. The molecule has 1 rings (SSSR count). The number of hydrogen-bond acceptors (Lipinski definition) is 1. The lowest BCUT2D eigenvalue weighted by Crippen LogP contribution is -2.20. The van der Waals surface area contributed by atoms with E-state index in [9.17, 15) is 0 Å².